The molecule has 1 fully saturated rings. The third-order valence-corrected chi connectivity index (χ3v) is 3.52. The lowest BCUT2D eigenvalue weighted by atomic mass is 9.79. The Kier molecular flexibility index (Phi) is 3.37. The molecule has 0 bridgehead atoms. The van der Waals surface area contributed by atoms with Crippen molar-refractivity contribution in [3.05, 3.63) is 48.1 Å². The molecule has 1 aliphatic rings. The van der Waals surface area contributed by atoms with E-state index in [0.29, 0.717) is 11.8 Å². The van der Waals surface area contributed by atoms with Gasteiger partial charge >= 0.3 is 0 Å². The van der Waals surface area contributed by atoms with Crippen molar-refractivity contribution in [1.29, 1.82) is 0 Å². The Morgan fingerprint density at radius 2 is 1.75 bits per heavy atom. The molecule has 0 radical (unpaired) electrons. The normalized spacial score (nSPS) is 25.4. The average molecular weight is 222 g/mol. The van der Waals surface area contributed by atoms with Crippen molar-refractivity contribution in [2.75, 3.05) is 0 Å². The van der Waals surface area contributed by atoms with Crippen molar-refractivity contribution in [3.8, 4) is 0 Å². The Hall–Kier alpha value is -1.18. The van der Waals surface area contributed by atoms with E-state index >= 15 is 0 Å². The molecule has 0 aliphatic heterocycles. The number of hydrogen-bond donors (Lipinski definition) is 0. The topological polar surface area (TPSA) is 0 Å². The predicted octanol–water partition coefficient (Wildman–Crippen LogP) is 4.42. The van der Waals surface area contributed by atoms with Crippen LogP contribution >= 0.6 is 0 Å². The zero-order chi connectivity index (χ0) is 11.5. The van der Waals surface area contributed by atoms with Gasteiger partial charge in [-0.25, -0.2) is 8.78 Å². The number of hydrogen-bond acceptors (Lipinski definition) is 0. The number of allylic oxidation sites excluding steroid dienone is 1. The van der Waals surface area contributed by atoms with Crippen molar-refractivity contribution in [2.24, 2.45) is 5.92 Å². The molecule has 86 valence electrons. The number of benzene rings is 1. The van der Waals surface area contributed by atoms with Crippen LogP contribution in [0.15, 0.2) is 30.9 Å². The second-order valence-corrected chi connectivity index (χ2v) is 4.52. The molecule has 1 saturated carbocycles. The molecular weight excluding hydrogens is 206 g/mol. The van der Waals surface area contributed by atoms with Gasteiger partial charge in [-0.2, -0.15) is 0 Å². The van der Waals surface area contributed by atoms with Gasteiger partial charge in [0.1, 0.15) is 0 Å². The Labute approximate surface area is 95.0 Å². The highest BCUT2D eigenvalue weighted by Gasteiger charge is 2.21. The molecule has 0 atom stereocenters. The lowest BCUT2D eigenvalue weighted by molar-refractivity contribution is 0.374. The molecule has 0 N–H and O–H groups in total. The van der Waals surface area contributed by atoms with E-state index in [2.05, 4.69) is 6.58 Å². The second kappa shape index (κ2) is 4.77. The van der Waals surface area contributed by atoms with E-state index in [1.165, 1.54) is 12.1 Å². The van der Waals surface area contributed by atoms with E-state index in [1.807, 2.05) is 6.08 Å². The Morgan fingerprint density at radius 3 is 2.31 bits per heavy atom. The number of halogens is 2. The lowest BCUT2D eigenvalue weighted by Gasteiger charge is -2.26. The monoisotopic (exact) mass is 222 g/mol. The maximum Gasteiger partial charge on any atom is 0.159 e. The van der Waals surface area contributed by atoms with E-state index in [1.54, 1.807) is 6.07 Å². The minimum absolute atomic E-state index is 0.381. The van der Waals surface area contributed by atoms with Gasteiger partial charge in [-0.3, -0.25) is 0 Å². The fourth-order valence-electron chi connectivity index (χ4n) is 2.45. The lowest BCUT2D eigenvalue weighted by Crippen LogP contribution is -2.11. The van der Waals surface area contributed by atoms with Crippen LogP contribution in [0.1, 0.15) is 37.2 Å². The molecule has 0 saturated heterocycles. The van der Waals surface area contributed by atoms with Gasteiger partial charge in [-0.1, -0.05) is 12.1 Å². The SMILES string of the molecule is C=CC1CCC(c2ccc(F)c(F)c2)CC1. The quantitative estimate of drug-likeness (QED) is 0.649. The summed E-state index contributed by atoms with van der Waals surface area (Å²) in [7, 11) is 0. The summed E-state index contributed by atoms with van der Waals surface area (Å²) in [6, 6.07) is 4.27. The van der Waals surface area contributed by atoms with E-state index in [4.69, 9.17) is 0 Å². The summed E-state index contributed by atoms with van der Waals surface area (Å²) in [4.78, 5) is 0. The Balaban J connectivity index is 2.08. The first kappa shape index (κ1) is 11.3. The maximum absolute atomic E-state index is 13.1. The Morgan fingerprint density at radius 1 is 1.06 bits per heavy atom. The van der Waals surface area contributed by atoms with Crippen molar-refractivity contribution >= 4 is 0 Å². The number of rotatable bonds is 2. The van der Waals surface area contributed by atoms with Crippen LogP contribution in [-0.2, 0) is 0 Å². The van der Waals surface area contributed by atoms with E-state index < -0.39 is 11.6 Å². The molecule has 0 heterocycles. The van der Waals surface area contributed by atoms with Crippen LogP contribution in [0.5, 0.6) is 0 Å². The van der Waals surface area contributed by atoms with Crippen molar-refractivity contribution in [3.63, 3.8) is 0 Å². The van der Waals surface area contributed by atoms with Crippen LogP contribution in [0.3, 0.4) is 0 Å². The molecule has 1 aromatic rings. The van der Waals surface area contributed by atoms with Crippen molar-refractivity contribution in [2.45, 2.75) is 31.6 Å². The van der Waals surface area contributed by atoms with Crippen molar-refractivity contribution in [1.82, 2.24) is 0 Å². The van der Waals surface area contributed by atoms with E-state index in [-0.39, 0.29) is 0 Å². The summed E-state index contributed by atoms with van der Waals surface area (Å²) in [6.07, 6.45) is 6.30. The fraction of sp³-hybridized carbons (Fsp3) is 0.429. The summed E-state index contributed by atoms with van der Waals surface area (Å²) in [5.74, 6) is -0.514. The molecule has 1 aromatic carbocycles. The smallest absolute Gasteiger partial charge is 0.159 e. The predicted molar refractivity (Wildman–Crippen MR) is 61.3 cm³/mol. The summed E-state index contributed by atoms with van der Waals surface area (Å²) in [5, 5.41) is 0. The zero-order valence-electron chi connectivity index (χ0n) is 9.26. The molecular formula is C14H16F2. The highest BCUT2D eigenvalue weighted by molar-refractivity contribution is 5.22. The highest BCUT2D eigenvalue weighted by Crippen LogP contribution is 2.36. The van der Waals surface area contributed by atoms with Crippen LogP contribution in [0.2, 0.25) is 0 Å². The summed E-state index contributed by atoms with van der Waals surface area (Å²) >= 11 is 0. The molecule has 2 rings (SSSR count). The summed E-state index contributed by atoms with van der Waals surface area (Å²) < 4.78 is 25.9. The van der Waals surface area contributed by atoms with E-state index in [0.717, 1.165) is 31.2 Å². The standard InChI is InChI=1S/C14H16F2/c1-2-10-3-5-11(6-4-10)12-7-8-13(15)14(16)9-12/h2,7-11H,1,3-6H2. The van der Waals surface area contributed by atoms with Gasteiger partial charge < -0.3 is 0 Å². The van der Waals surface area contributed by atoms with Crippen LogP contribution in [0, 0.1) is 17.6 Å². The van der Waals surface area contributed by atoms with Gasteiger partial charge in [0.2, 0.25) is 0 Å². The van der Waals surface area contributed by atoms with Crippen LogP contribution < -0.4 is 0 Å². The van der Waals surface area contributed by atoms with Crippen molar-refractivity contribution < 1.29 is 8.78 Å². The molecule has 0 amide bonds. The van der Waals surface area contributed by atoms with Gasteiger partial charge in [0.05, 0.1) is 0 Å². The summed E-state index contributed by atoms with van der Waals surface area (Å²) in [5.41, 5.74) is 0.932. The van der Waals surface area contributed by atoms with Crippen LogP contribution in [0.25, 0.3) is 0 Å². The molecule has 0 nitrogen and oxygen atoms in total. The molecule has 0 unspecified atom stereocenters. The van der Waals surface area contributed by atoms with Crippen LogP contribution in [-0.4, -0.2) is 0 Å². The summed E-state index contributed by atoms with van der Waals surface area (Å²) in [6.45, 7) is 3.80. The molecule has 2 heteroatoms. The van der Waals surface area contributed by atoms with Gasteiger partial charge in [0, 0.05) is 0 Å². The third kappa shape index (κ3) is 2.31. The first-order valence-corrected chi connectivity index (χ1v) is 5.78. The van der Waals surface area contributed by atoms with Gasteiger partial charge in [-0.15, -0.1) is 6.58 Å². The molecule has 0 aromatic heterocycles. The third-order valence-electron chi connectivity index (χ3n) is 3.52. The first-order chi connectivity index (χ1) is 7.70. The largest absolute Gasteiger partial charge is 0.204 e. The van der Waals surface area contributed by atoms with Crippen LogP contribution in [0.4, 0.5) is 8.78 Å². The fourth-order valence-corrected chi connectivity index (χ4v) is 2.45. The van der Waals surface area contributed by atoms with Gasteiger partial charge in [-0.05, 0) is 55.2 Å². The minimum Gasteiger partial charge on any atom is -0.204 e. The first-order valence-electron chi connectivity index (χ1n) is 5.78. The van der Waals surface area contributed by atoms with E-state index in [9.17, 15) is 8.78 Å². The molecule has 0 spiro atoms. The zero-order valence-corrected chi connectivity index (χ0v) is 9.26. The minimum atomic E-state index is -0.761. The second-order valence-electron chi connectivity index (χ2n) is 4.52. The molecule has 16 heavy (non-hydrogen) atoms. The molecule has 1 aliphatic carbocycles. The average Bonchev–Trinajstić information content (AvgIpc) is 2.33. The highest BCUT2D eigenvalue weighted by atomic mass is 19.2. The van der Waals surface area contributed by atoms with Gasteiger partial charge in [0.25, 0.3) is 0 Å². The van der Waals surface area contributed by atoms with Gasteiger partial charge in [0.15, 0.2) is 11.6 Å². The maximum atomic E-state index is 13.1. The Bertz CT molecular complexity index is 376.